The molecule has 0 spiro atoms. The van der Waals surface area contributed by atoms with Gasteiger partial charge in [0.05, 0.1) is 0 Å². The fourth-order valence-corrected chi connectivity index (χ4v) is 0.825. The maximum Gasteiger partial charge on any atom is 0.168 e. The van der Waals surface area contributed by atoms with Crippen LogP contribution in [0.1, 0.15) is 29.7 Å². The molecule has 1 aromatic heterocycles. The van der Waals surface area contributed by atoms with Crippen LogP contribution in [0.4, 0.5) is 0 Å². The SMILES string of the molecule is CCCc1nccc(C=O)n1. The molecule has 0 fully saturated rings. The Labute approximate surface area is 65.5 Å². The van der Waals surface area contributed by atoms with Crippen LogP contribution in [0.3, 0.4) is 0 Å². The number of hydrogen-bond acceptors (Lipinski definition) is 3. The van der Waals surface area contributed by atoms with Crippen molar-refractivity contribution in [3.8, 4) is 0 Å². The van der Waals surface area contributed by atoms with E-state index in [0.29, 0.717) is 5.69 Å². The van der Waals surface area contributed by atoms with E-state index in [0.717, 1.165) is 25.0 Å². The Morgan fingerprint density at radius 1 is 1.64 bits per heavy atom. The molecule has 0 bridgehead atoms. The highest BCUT2D eigenvalue weighted by molar-refractivity contribution is 5.71. The zero-order valence-electron chi connectivity index (χ0n) is 6.45. The van der Waals surface area contributed by atoms with E-state index in [4.69, 9.17) is 0 Å². The van der Waals surface area contributed by atoms with E-state index < -0.39 is 0 Å². The highest BCUT2D eigenvalue weighted by Gasteiger charge is 1.95. The van der Waals surface area contributed by atoms with Crippen molar-refractivity contribution < 1.29 is 4.79 Å². The number of aromatic nitrogens is 2. The number of carbonyl (C=O) groups is 1. The van der Waals surface area contributed by atoms with E-state index >= 15 is 0 Å². The topological polar surface area (TPSA) is 42.9 Å². The molecule has 3 nitrogen and oxygen atoms in total. The standard InChI is InChI=1S/C8H10N2O/c1-2-3-8-9-5-4-7(6-11)10-8/h4-6H,2-3H2,1H3. The maximum atomic E-state index is 10.3. The molecule has 0 N–H and O–H groups in total. The lowest BCUT2D eigenvalue weighted by molar-refractivity contribution is 0.111. The summed E-state index contributed by atoms with van der Waals surface area (Å²) in [5, 5.41) is 0. The van der Waals surface area contributed by atoms with Gasteiger partial charge in [0.15, 0.2) is 6.29 Å². The first-order valence-electron chi connectivity index (χ1n) is 3.64. The van der Waals surface area contributed by atoms with E-state index in [-0.39, 0.29) is 0 Å². The highest BCUT2D eigenvalue weighted by atomic mass is 16.1. The van der Waals surface area contributed by atoms with Gasteiger partial charge in [-0.05, 0) is 12.5 Å². The van der Waals surface area contributed by atoms with Gasteiger partial charge in [0.2, 0.25) is 0 Å². The summed E-state index contributed by atoms with van der Waals surface area (Å²) in [6, 6.07) is 1.60. The number of rotatable bonds is 3. The Morgan fingerprint density at radius 2 is 2.45 bits per heavy atom. The van der Waals surface area contributed by atoms with Crippen LogP contribution in [0.5, 0.6) is 0 Å². The molecular weight excluding hydrogens is 140 g/mol. The van der Waals surface area contributed by atoms with Gasteiger partial charge >= 0.3 is 0 Å². The molecule has 0 radical (unpaired) electrons. The number of aldehydes is 1. The van der Waals surface area contributed by atoms with Crippen molar-refractivity contribution in [1.82, 2.24) is 9.97 Å². The van der Waals surface area contributed by atoms with Crippen LogP contribution in [0.15, 0.2) is 12.3 Å². The Morgan fingerprint density at radius 3 is 3.09 bits per heavy atom. The predicted molar refractivity (Wildman–Crippen MR) is 41.4 cm³/mol. The van der Waals surface area contributed by atoms with Crippen molar-refractivity contribution in [2.75, 3.05) is 0 Å². The van der Waals surface area contributed by atoms with Crippen LogP contribution in [0, 0.1) is 0 Å². The first-order valence-corrected chi connectivity index (χ1v) is 3.64. The minimum absolute atomic E-state index is 0.462. The second kappa shape index (κ2) is 3.81. The Balaban J connectivity index is 2.82. The molecular formula is C8H10N2O. The summed E-state index contributed by atoms with van der Waals surface area (Å²) in [6.07, 6.45) is 4.19. The lowest BCUT2D eigenvalue weighted by Gasteiger charge is -1.95. The zero-order chi connectivity index (χ0) is 8.10. The van der Waals surface area contributed by atoms with Crippen LogP contribution in [0.2, 0.25) is 0 Å². The summed E-state index contributed by atoms with van der Waals surface area (Å²) in [6.45, 7) is 2.05. The van der Waals surface area contributed by atoms with E-state index in [1.807, 2.05) is 0 Å². The summed E-state index contributed by atoms with van der Waals surface area (Å²) < 4.78 is 0. The average molecular weight is 150 g/mol. The van der Waals surface area contributed by atoms with Crippen molar-refractivity contribution in [3.63, 3.8) is 0 Å². The molecule has 58 valence electrons. The highest BCUT2D eigenvalue weighted by Crippen LogP contribution is 1.95. The summed E-state index contributed by atoms with van der Waals surface area (Å²) in [7, 11) is 0. The third-order valence-electron chi connectivity index (χ3n) is 1.32. The molecule has 0 aromatic carbocycles. The molecule has 0 unspecified atom stereocenters. The maximum absolute atomic E-state index is 10.3. The smallest absolute Gasteiger partial charge is 0.168 e. The second-order valence-electron chi connectivity index (χ2n) is 2.27. The van der Waals surface area contributed by atoms with Gasteiger partial charge in [0, 0.05) is 12.6 Å². The molecule has 3 heteroatoms. The summed E-state index contributed by atoms with van der Waals surface area (Å²) in [5.74, 6) is 0.747. The molecule has 1 heterocycles. The van der Waals surface area contributed by atoms with E-state index in [1.165, 1.54) is 0 Å². The van der Waals surface area contributed by atoms with Gasteiger partial charge in [0.25, 0.3) is 0 Å². The van der Waals surface area contributed by atoms with Crippen LogP contribution >= 0.6 is 0 Å². The molecule has 0 aliphatic carbocycles. The number of aryl methyl sites for hydroxylation is 1. The lowest BCUT2D eigenvalue weighted by atomic mass is 10.3. The largest absolute Gasteiger partial charge is 0.296 e. The second-order valence-corrected chi connectivity index (χ2v) is 2.27. The first kappa shape index (κ1) is 7.85. The molecule has 0 atom stereocenters. The Hall–Kier alpha value is -1.25. The van der Waals surface area contributed by atoms with Gasteiger partial charge < -0.3 is 0 Å². The average Bonchev–Trinajstić information content (AvgIpc) is 2.06. The molecule has 0 amide bonds. The molecule has 1 aromatic rings. The van der Waals surface area contributed by atoms with E-state index in [9.17, 15) is 4.79 Å². The van der Waals surface area contributed by atoms with Crippen molar-refractivity contribution in [3.05, 3.63) is 23.8 Å². The van der Waals surface area contributed by atoms with Crippen LogP contribution in [-0.4, -0.2) is 16.3 Å². The fourth-order valence-electron chi connectivity index (χ4n) is 0.825. The minimum atomic E-state index is 0.462. The quantitative estimate of drug-likeness (QED) is 0.609. The third-order valence-corrected chi connectivity index (χ3v) is 1.32. The van der Waals surface area contributed by atoms with Gasteiger partial charge in [-0.3, -0.25) is 4.79 Å². The lowest BCUT2D eigenvalue weighted by Crippen LogP contribution is -1.96. The van der Waals surface area contributed by atoms with Crippen molar-refractivity contribution in [2.45, 2.75) is 19.8 Å². The predicted octanol–water partition coefficient (Wildman–Crippen LogP) is 1.24. The summed E-state index contributed by atoms with van der Waals surface area (Å²) in [4.78, 5) is 18.3. The molecule has 0 saturated carbocycles. The Kier molecular flexibility index (Phi) is 2.72. The molecule has 11 heavy (non-hydrogen) atoms. The van der Waals surface area contributed by atoms with Crippen molar-refractivity contribution >= 4 is 6.29 Å². The third kappa shape index (κ3) is 2.11. The summed E-state index contributed by atoms with van der Waals surface area (Å²) >= 11 is 0. The minimum Gasteiger partial charge on any atom is -0.296 e. The van der Waals surface area contributed by atoms with Gasteiger partial charge in [-0.2, -0.15) is 0 Å². The fraction of sp³-hybridized carbons (Fsp3) is 0.375. The van der Waals surface area contributed by atoms with Crippen LogP contribution < -0.4 is 0 Å². The van der Waals surface area contributed by atoms with E-state index in [1.54, 1.807) is 12.3 Å². The normalized spacial score (nSPS) is 9.55. The molecule has 0 aliphatic heterocycles. The first-order chi connectivity index (χ1) is 5.36. The van der Waals surface area contributed by atoms with Gasteiger partial charge in [0.1, 0.15) is 11.5 Å². The summed E-state index contributed by atoms with van der Waals surface area (Å²) in [5.41, 5.74) is 0.462. The van der Waals surface area contributed by atoms with Gasteiger partial charge in [-0.25, -0.2) is 9.97 Å². The number of carbonyl (C=O) groups excluding carboxylic acids is 1. The van der Waals surface area contributed by atoms with Crippen molar-refractivity contribution in [2.24, 2.45) is 0 Å². The van der Waals surface area contributed by atoms with Crippen molar-refractivity contribution in [1.29, 1.82) is 0 Å². The Bertz CT molecular complexity index is 248. The molecule has 1 rings (SSSR count). The molecule has 0 aliphatic rings. The van der Waals surface area contributed by atoms with Crippen LogP contribution in [-0.2, 0) is 6.42 Å². The van der Waals surface area contributed by atoms with Gasteiger partial charge in [-0.1, -0.05) is 6.92 Å². The number of hydrogen-bond donors (Lipinski definition) is 0. The zero-order valence-corrected chi connectivity index (χ0v) is 6.45. The van der Waals surface area contributed by atoms with Gasteiger partial charge in [-0.15, -0.1) is 0 Å². The number of nitrogens with zero attached hydrogens (tertiary/aromatic N) is 2. The van der Waals surface area contributed by atoms with E-state index in [2.05, 4.69) is 16.9 Å². The monoisotopic (exact) mass is 150 g/mol. The molecule has 0 saturated heterocycles. The van der Waals surface area contributed by atoms with Crippen LogP contribution in [0.25, 0.3) is 0 Å².